The molecule has 0 aliphatic carbocycles. The van der Waals surface area contributed by atoms with Crippen molar-refractivity contribution in [1.82, 2.24) is 4.90 Å². The molecule has 1 rings (SSSR count). The fourth-order valence-corrected chi connectivity index (χ4v) is 1.74. The van der Waals surface area contributed by atoms with E-state index in [0.717, 1.165) is 6.54 Å². The molecule has 0 radical (unpaired) electrons. The van der Waals surface area contributed by atoms with Crippen LogP contribution in [0.2, 0.25) is 0 Å². The van der Waals surface area contributed by atoms with Crippen molar-refractivity contribution in [2.45, 2.75) is 25.8 Å². The molecule has 0 atom stereocenters. The maximum absolute atomic E-state index is 9.39. The van der Waals surface area contributed by atoms with Crippen molar-refractivity contribution in [3.8, 4) is 0 Å². The van der Waals surface area contributed by atoms with Gasteiger partial charge in [0.1, 0.15) is 0 Å². The monoisotopic (exact) mass is 207 g/mol. The Balaban J connectivity index is 3.06. The molecule has 0 aliphatic rings. The normalized spacial score (nSPS) is 12.1. The first-order chi connectivity index (χ1) is 6.97. The van der Waals surface area contributed by atoms with Crippen molar-refractivity contribution in [3.63, 3.8) is 0 Å². The van der Waals surface area contributed by atoms with Gasteiger partial charge < -0.3 is 10.0 Å². The van der Waals surface area contributed by atoms with Gasteiger partial charge in [0.2, 0.25) is 0 Å². The van der Waals surface area contributed by atoms with E-state index in [1.807, 2.05) is 6.07 Å². The minimum Gasteiger partial charge on any atom is -0.395 e. The SMILES string of the molecule is CN(C)Cc1ccccc1C(C)(C)CO. The van der Waals surface area contributed by atoms with E-state index < -0.39 is 0 Å². The third-order valence-corrected chi connectivity index (χ3v) is 2.63. The predicted octanol–water partition coefficient (Wildman–Crippen LogP) is 2.02. The number of rotatable bonds is 4. The number of benzene rings is 1. The molecule has 0 saturated heterocycles. The number of aliphatic hydroxyl groups excluding tert-OH is 1. The van der Waals surface area contributed by atoms with Gasteiger partial charge in [-0.3, -0.25) is 0 Å². The lowest BCUT2D eigenvalue weighted by molar-refractivity contribution is 0.217. The predicted molar refractivity (Wildman–Crippen MR) is 63.9 cm³/mol. The van der Waals surface area contributed by atoms with Crippen molar-refractivity contribution in [2.24, 2.45) is 0 Å². The van der Waals surface area contributed by atoms with Crippen LogP contribution in [0.3, 0.4) is 0 Å². The Kier molecular flexibility index (Phi) is 3.89. The van der Waals surface area contributed by atoms with Gasteiger partial charge in [-0.2, -0.15) is 0 Å². The number of nitrogens with zero attached hydrogens (tertiary/aromatic N) is 1. The van der Waals surface area contributed by atoms with Crippen molar-refractivity contribution in [2.75, 3.05) is 20.7 Å². The Labute approximate surface area is 92.5 Å². The molecule has 0 amide bonds. The second kappa shape index (κ2) is 4.77. The highest BCUT2D eigenvalue weighted by Crippen LogP contribution is 2.26. The molecule has 0 aliphatic heterocycles. The average Bonchev–Trinajstić information content (AvgIpc) is 2.17. The first kappa shape index (κ1) is 12.2. The molecule has 0 unspecified atom stereocenters. The Morgan fingerprint density at radius 1 is 1.20 bits per heavy atom. The lowest BCUT2D eigenvalue weighted by Crippen LogP contribution is -2.25. The van der Waals surface area contributed by atoms with Gasteiger partial charge in [0, 0.05) is 12.0 Å². The molecular weight excluding hydrogens is 186 g/mol. The van der Waals surface area contributed by atoms with Crippen LogP contribution < -0.4 is 0 Å². The number of hydrogen-bond acceptors (Lipinski definition) is 2. The van der Waals surface area contributed by atoms with E-state index in [1.165, 1.54) is 11.1 Å². The minimum atomic E-state index is -0.160. The molecule has 15 heavy (non-hydrogen) atoms. The molecule has 0 fully saturated rings. The van der Waals surface area contributed by atoms with Crippen LogP contribution in [0.5, 0.6) is 0 Å². The molecule has 2 heteroatoms. The molecule has 0 aromatic heterocycles. The summed E-state index contributed by atoms with van der Waals surface area (Å²) in [5, 5.41) is 9.39. The summed E-state index contributed by atoms with van der Waals surface area (Å²) in [5.74, 6) is 0. The molecule has 1 aromatic carbocycles. The highest BCUT2D eigenvalue weighted by Gasteiger charge is 2.22. The molecule has 1 N–H and O–H groups in total. The first-order valence-electron chi connectivity index (χ1n) is 5.31. The Morgan fingerprint density at radius 3 is 2.33 bits per heavy atom. The van der Waals surface area contributed by atoms with Crippen molar-refractivity contribution < 1.29 is 5.11 Å². The highest BCUT2D eigenvalue weighted by molar-refractivity contribution is 5.33. The Hall–Kier alpha value is -0.860. The third-order valence-electron chi connectivity index (χ3n) is 2.63. The van der Waals surface area contributed by atoms with Crippen LogP contribution in [0.25, 0.3) is 0 Å². The van der Waals surface area contributed by atoms with Gasteiger partial charge >= 0.3 is 0 Å². The fraction of sp³-hybridized carbons (Fsp3) is 0.538. The molecular formula is C13H21NO. The van der Waals surface area contributed by atoms with Crippen molar-refractivity contribution >= 4 is 0 Å². The van der Waals surface area contributed by atoms with Crippen molar-refractivity contribution in [3.05, 3.63) is 35.4 Å². The van der Waals surface area contributed by atoms with E-state index in [0.29, 0.717) is 0 Å². The lowest BCUT2D eigenvalue weighted by Gasteiger charge is -2.26. The lowest BCUT2D eigenvalue weighted by atomic mass is 9.82. The minimum absolute atomic E-state index is 0.160. The van der Waals surface area contributed by atoms with Gasteiger partial charge in [-0.1, -0.05) is 38.1 Å². The summed E-state index contributed by atoms with van der Waals surface area (Å²) in [6, 6.07) is 8.32. The van der Waals surface area contributed by atoms with Crippen molar-refractivity contribution in [1.29, 1.82) is 0 Å². The number of hydrogen-bond donors (Lipinski definition) is 1. The van der Waals surface area contributed by atoms with Gasteiger partial charge in [0.25, 0.3) is 0 Å². The fourth-order valence-electron chi connectivity index (χ4n) is 1.74. The Morgan fingerprint density at radius 2 is 1.80 bits per heavy atom. The molecule has 2 nitrogen and oxygen atoms in total. The van der Waals surface area contributed by atoms with Crippen LogP contribution in [0, 0.1) is 0 Å². The van der Waals surface area contributed by atoms with Gasteiger partial charge in [0.05, 0.1) is 6.61 Å². The summed E-state index contributed by atoms with van der Waals surface area (Å²) < 4.78 is 0. The second-order valence-electron chi connectivity index (χ2n) is 4.94. The zero-order valence-electron chi connectivity index (χ0n) is 10.1. The largest absolute Gasteiger partial charge is 0.395 e. The first-order valence-corrected chi connectivity index (χ1v) is 5.31. The topological polar surface area (TPSA) is 23.5 Å². The second-order valence-corrected chi connectivity index (χ2v) is 4.94. The quantitative estimate of drug-likeness (QED) is 0.816. The van der Waals surface area contributed by atoms with Crippen LogP contribution in [0.15, 0.2) is 24.3 Å². The summed E-state index contributed by atoms with van der Waals surface area (Å²) in [6.07, 6.45) is 0. The van der Waals surface area contributed by atoms with E-state index in [9.17, 15) is 5.11 Å². The third kappa shape index (κ3) is 3.05. The van der Waals surface area contributed by atoms with E-state index >= 15 is 0 Å². The molecule has 0 spiro atoms. The summed E-state index contributed by atoms with van der Waals surface area (Å²) in [5.41, 5.74) is 2.37. The maximum atomic E-state index is 9.39. The van der Waals surface area contributed by atoms with Gasteiger partial charge in [0.15, 0.2) is 0 Å². The molecule has 84 valence electrons. The summed E-state index contributed by atoms with van der Waals surface area (Å²) in [4.78, 5) is 2.15. The van der Waals surface area contributed by atoms with Gasteiger partial charge in [-0.05, 0) is 25.2 Å². The van der Waals surface area contributed by atoms with E-state index in [4.69, 9.17) is 0 Å². The van der Waals surface area contributed by atoms with Gasteiger partial charge in [-0.25, -0.2) is 0 Å². The van der Waals surface area contributed by atoms with Crippen LogP contribution in [0.4, 0.5) is 0 Å². The average molecular weight is 207 g/mol. The van der Waals surface area contributed by atoms with Crippen LogP contribution in [-0.4, -0.2) is 30.7 Å². The molecule has 0 bridgehead atoms. The highest BCUT2D eigenvalue weighted by atomic mass is 16.3. The molecule has 0 saturated carbocycles. The number of aliphatic hydroxyl groups is 1. The van der Waals surface area contributed by atoms with Gasteiger partial charge in [-0.15, -0.1) is 0 Å². The zero-order valence-corrected chi connectivity index (χ0v) is 10.1. The van der Waals surface area contributed by atoms with E-state index in [-0.39, 0.29) is 12.0 Å². The molecule has 0 heterocycles. The van der Waals surface area contributed by atoms with E-state index in [1.54, 1.807) is 0 Å². The molecule has 1 aromatic rings. The van der Waals surface area contributed by atoms with E-state index in [2.05, 4.69) is 51.0 Å². The zero-order chi connectivity index (χ0) is 11.5. The Bertz CT molecular complexity index is 318. The van der Waals surface area contributed by atoms with Crippen LogP contribution in [-0.2, 0) is 12.0 Å². The standard InChI is InChI=1S/C13H21NO/c1-13(2,10-15)12-8-6-5-7-11(12)9-14(3)4/h5-8,15H,9-10H2,1-4H3. The summed E-state index contributed by atoms with van der Waals surface area (Å²) >= 11 is 0. The van der Waals surface area contributed by atoms with Crippen LogP contribution in [0.1, 0.15) is 25.0 Å². The maximum Gasteiger partial charge on any atom is 0.0522 e. The van der Waals surface area contributed by atoms with Crippen LogP contribution >= 0.6 is 0 Å². The smallest absolute Gasteiger partial charge is 0.0522 e. The summed E-state index contributed by atoms with van der Waals surface area (Å²) in [6.45, 7) is 5.24. The summed E-state index contributed by atoms with van der Waals surface area (Å²) in [7, 11) is 4.12.